The molecule has 0 bridgehead atoms. The van der Waals surface area contributed by atoms with E-state index in [-0.39, 0.29) is 0 Å². The third-order valence-corrected chi connectivity index (χ3v) is 3.94. The fourth-order valence-electron chi connectivity index (χ4n) is 1.97. The van der Waals surface area contributed by atoms with Gasteiger partial charge in [-0.3, -0.25) is 4.99 Å². The molecule has 0 unspecified atom stereocenters. The molecule has 2 nitrogen and oxygen atoms in total. The van der Waals surface area contributed by atoms with Crippen molar-refractivity contribution < 1.29 is 4.74 Å². The molecule has 0 radical (unpaired) electrons. The van der Waals surface area contributed by atoms with Crippen molar-refractivity contribution in [3.63, 3.8) is 0 Å². The summed E-state index contributed by atoms with van der Waals surface area (Å²) in [5.41, 5.74) is 2.34. The van der Waals surface area contributed by atoms with Crippen molar-refractivity contribution in [1.82, 2.24) is 0 Å². The standard InChI is InChI=1S/C16H15NOS/c1-2-5-13(6-3-1)12-18-15-8-4-7-14(11-15)16-17-9-10-19-16/h1-8,11H,9-10,12H2. The second-order valence-corrected chi connectivity index (χ2v) is 5.42. The van der Waals surface area contributed by atoms with Crippen LogP contribution in [-0.2, 0) is 6.61 Å². The van der Waals surface area contributed by atoms with Crippen molar-refractivity contribution in [3.05, 3.63) is 65.7 Å². The van der Waals surface area contributed by atoms with Gasteiger partial charge in [0.2, 0.25) is 0 Å². The quantitative estimate of drug-likeness (QED) is 0.843. The van der Waals surface area contributed by atoms with Crippen molar-refractivity contribution in [2.45, 2.75) is 6.61 Å². The average Bonchev–Trinajstić information content (AvgIpc) is 3.01. The molecule has 0 fully saturated rings. The first kappa shape index (κ1) is 12.3. The van der Waals surface area contributed by atoms with E-state index >= 15 is 0 Å². The molecule has 0 N–H and O–H groups in total. The van der Waals surface area contributed by atoms with Crippen molar-refractivity contribution in [2.75, 3.05) is 12.3 Å². The van der Waals surface area contributed by atoms with Gasteiger partial charge in [-0.15, -0.1) is 11.8 Å². The molecule has 96 valence electrons. The molecular formula is C16H15NOS. The highest BCUT2D eigenvalue weighted by Crippen LogP contribution is 2.22. The average molecular weight is 269 g/mol. The molecule has 3 rings (SSSR count). The van der Waals surface area contributed by atoms with Gasteiger partial charge in [0.25, 0.3) is 0 Å². The topological polar surface area (TPSA) is 21.6 Å². The van der Waals surface area contributed by atoms with Crippen LogP contribution in [0.15, 0.2) is 59.6 Å². The van der Waals surface area contributed by atoms with E-state index in [0.29, 0.717) is 6.61 Å². The molecule has 3 heteroatoms. The van der Waals surface area contributed by atoms with Gasteiger partial charge in [0.1, 0.15) is 12.4 Å². The monoisotopic (exact) mass is 269 g/mol. The summed E-state index contributed by atoms with van der Waals surface area (Å²) in [6.07, 6.45) is 0. The van der Waals surface area contributed by atoms with Crippen LogP contribution < -0.4 is 4.74 Å². The van der Waals surface area contributed by atoms with E-state index in [0.717, 1.165) is 28.7 Å². The Labute approximate surface area is 117 Å². The highest BCUT2D eigenvalue weighted by molar-refractivity contribution is 8.14. The van der Waals surface area contributed by atoms with E-state index in [1.165, 1.54) is 5.56 Å². The lowest BCUT2D eigenvalue weighted by molar-refractivity contribution is 0.306. The maximum Gasteiger partial charge on any atom is 0.120 e. The summed E-state index contributed by atoms with van der Waals surface area (Å²) in [4.78, 5) is 4.49. The van der Waals surface area contributed by atoms with Gasteiger partial charge in [-0.05, 0) is 17.7 Å². The van der Waals surface area contributed by atoms with Gasteiger partial charge < -0.3 is 4.74 Å². The number of hydrogen-bond acceptors (Lipinski definition) is 3. The van der Waals surface area contributed by atoms with E-state index in [1.54, 1.807) is 0 Å². The Kier molecular flexibility index (Phi) is 3.84. The van der Waals surface area contributed by atoms with E-state index in [2.05, 4.69) is 29.3 Å². The Morgan fingerprint density at radius 2 is 1.95 bits per heavy atom. The molecule has 1 heterocycles. The van der Waals surface area contributed by atoms with Gasteiger partial charge in [0, 0.05) is 17.9 Å². The second-order valence-electron chi connectivity index (χ2n) is 4.34. The van der Waals surface area contributed by atoms with Gasteiger partial charge in [0.05, 0.1) is 5.04 Å². The number of nitrogens with zero attached hydrogens (tertiary/aromatic N) is 1. The largest absolute Gasteiger partial charge is 0.489 e. The summed E-state index contributed by atoms with van der Waals surface area (Å²) < 4.78 is 5.83. The molecule has 2 aromatic carbocycles. The number of thioether (sulfide) groups is 1. The number of ether oxygens (including phenoxy) is 1. The van der Waals surface area contributed by atoms with Gasteiger partial charge in [-0.1, -0.05) is 42.5 Å². The van der Waals surface area contributed by atoms with Crippen molar-refractivity contribution in [3.8, 4) is 5.75 Å². The Hall–Kier alpha value is -1.74. The van der Waals surface area contributed by atoms with E-state index in [4.69, 9.17) is 4.74 Å². The van der Waals surface area contributed by atoms with Crippen LogP contribution in [0.3, 0.4) is 0 Å². The minimum Gasteiger partial charge on any atom is -0.489 e. The van der Waals surface area contributed by atoms with Crippen LogP contribution in [0.2, 0.25) is 0 Å². The maximum absolute atomic E-state index is 5.83. The number of aliphatic imine (C=N–C) groups is 1. The number of benzene rings is 2. The molecule has 2 aromatic rings. The summed E-state index contributed by atoms with van der Waals surface area (Å²) in [7, 11) is 0. The van der Waals surface area contributed by atoms with Crippen LogP contribution in [-0.4, -0.2) is 17.3 Å². The SMILES string of the molecule is c1ccc(COc2cccc(C3=NCCS3)c2)cc1. The first-order chi connectivity index (χ1) is 9.42. The fraction of sp³-hybridized carbons (Fsp3) is 0.188. The summed E-state index contributed by atoms with van der Waals surface area (Å²) in [6, 6.07) is 18.4. The maximum atomic E-state index is 5.83. The molecule has 0 atom stereocenters. The molecule has 1 aliphatic rings. The molecule has 19 heavy (non-hydrogen) atoms. The zero-order chi connectivity index (χ0) is 12.9. The second kappa shape index (κ2) is 5.93. The van der Waals surface area contributed by atoms with Gasteiger partial charge in [-0.2, -0.15) is 0 Å². The lowest BCUT2D eigenvalue weighted by Gasteiger charge is -2.08. The highest BCUT2D eigenvalue weighted by atomic mass is 32.2. The van der Waals surface area contributed by atoms with E-state index in [1.807, 2.05) is 42.1 Å². The molecule has 0 saturated carbocycles. The van der Waals surface area contributed by atoms with Gasteiger partial charge >= 0.3 is 0 Å². The molecule has 0 aromatic heterocycles. The van der Waals surface area contributed by atoms with Gasteiger partial charge in [-0.25, -0.2) is 0 Å². The Morgan fingerprint density at radius 3 is 2.74 bits per heavy atom. The molecular weight excluding hydrogens is 254 g/mol. The molecule has 0 saturated heterocycles. The minimum absolute atomic E-state index is 0.601. The summed E-state index contributed by atoms with van der Waals surface area (Å²) in [5, 5.41) is 1.13. The highest BCUT2D eigenvalue weighted by Gasteiger charge is 2.10. The summed E-state index contributed by atoms with van der Waals surface area (Å²) in [5.74, 6) is 1.99. The predicted octanol–water partition coefficient (Wildman–Crippen LogP) is 3.76. The molecule has 0 amide bonds. The van der Waals surface area contributed by atoms with Crippen molar-refractivity contribution >= 4 is 16.8 Å². The number of hydrogen-bond donors (Lipinski definition) is 0. The normalized spacial score (nSPS) is 14.2. The zero-order valence-corrected chi connectivity index (χ0v) is 11.4. The zero-order valence-electron chi connectivity index (χ0n) is 10.6. The predicted molar refractivity (Wildman–Crippen MR) is 81.1 cm³/mol. The lowest BCUT2D eigenvalue weighted by atomic mass is 10.2. The van der Waals surface area contributed by atoms with Crippen LogP contribution in [0.4, 0.5) is 0 Å². The van der Waals surface area contributed by atoms with E-state index in [9.17, 15) is 0 Å². The Balaban J connectivity index is 1.70. The smallest absolute Gasteiger partial charge is 0.120 e. The molecule has 0 spiro atoms. The lowest BCUT2D eigenvalue weighted by Crippen LogP contribution is -1.97. The molecule has 1 aliphatic heterocycles. The van der Waals surface area contributed by atoms with Crippen LogP contribution >= 0.6 is 11.8 Å². The van der Waals surface area contributed by atoms with Crippen LogP contribution in [0.25, 0.3) is 0 Å². The van der Waals surface area contributed by atoms with Crippen LogP contribution in [0, 0.1) is 0 Å². The first-order valence-corrected chi connectivity index (χ1v) is 7.35. The first-order valence-electron chi connectivity index (χ1n) is 6.36. The Bertz CT molecular complexity index is 580. The van der Waals surface area contributed by atoms with E-state index < -0.39 is 0 Å². The van der Waals surface area contributed by atoms with Gasteiger partial charge in [0.15, 0.2) is 0 Å². The third-order valence-electron chi connectivity index (χ3n) is 2.91. The Morgan fingerprint density at radius 1 is 1.05 bits per heavy atom. The van der Waals surface area contributed by atoms with Crippen LogP contribution in [0.5, 0.6) is 5.75 Å². The number of rotatable bonds is 4. The van der Waals surface area contributed by atoms with Crippen molar-refractivity contribution in [1.29, 1.82) is 0 Å². The minimum atomic E-state index is 0.601. The fourth-order valence-corrected chi connectivity index (χ4v) is 2.82. The summed E-state index contributed by atoms with van der Waals surface area (Å²) in [6.45, 7) is 1.53. The third kappa shape index (κ3) is 3.18. The molecule has 0 aliphatic carbocycles. The van der Waals surface area contributed by atoms with Crippen molar-refractivity contribution in [2.24, 2.45) is 4.99 Å². The van der Waals surface area contributed by atoms with Crippen LogP contribution in [0.1, 0.15) is 11.1 Å². The summed E-state index contributed by atoms with van der Waals surface area (Å²) >= 11 is 1.81.